The van der Waals surface area contributed by atoms with Crippen molar-refractivity contribution in [3.63, 3.8) is 0 Å². The van der Waals surface area contributed by atoms with E-state index in [1.807, 2.05) is 12.4 Å². The minimum atomic E-state index is -0.118. The highest BCUT2D eigenvalue weighted by molar-refractivity contribution is 5.30. The van der Waals surface area contributed by atoms with Gasteiger partial charge in [-0.1, -0.05) is 44.2 Å². The summed E-state index contributed by atoms with van der Waals surface area (Å²) in [5.41, 5.74) is 1.15. The molecule has 0 bridgehead atoms. The van der Waals surface area contributed by atoms with Gasteiger partial charge < -0.3 is 4.57 Å². The van der Waals surface area contributed by atoms with Gasteiger partial charge in [-0.15, -0.1) is 10.2 Å². The molecule has 2 aromatic rings. The molecule has 0 N–H and O–H groups in total. The van der Waals surface area contributed by atoms with Crippen molar-refractivity contribution < 1.29 is 0 Å². The molecule has 0 aliphatic carbocycles. The minimum absolute atomic E-state index is 0.118. The third kappa shape index (κ3) is 2.45. The minimum Gasteiger partial charge on any atom is -0.317 e. The molecule has 18 heavy (non-hydrogen) atoms. The van der Waals surface area contributed by atoms with Gasteiger partial charge in [-0.2, -0.15) is 0 Å². The number of nitrogens with zero attached hydrogens (tertiary/aromatic N) is 3. The Morgan fingerprint density at radius 2 is 1.83 bits per heavy atom. The summed E-state index contributed by atoms with van der Waals surface area (Å²) in [5, 5.41) is 8.41. The molecule has 0 saturated heterocycles. The molecule has 0 aliphatic heterocycles. The van der Waals surface area contributed by atoms with Crippen LogP contribution in [0.4, 0.5) is 0 Å². The summed E-state index contributed by atoms with van der Waals surface area (Å²) >= 11 is 0. The zero-order chi connectivity index (χ0) is 13.2. The molecule has 0 atom stereocenters. The van der Waals surface area contributed by atoms with Gasteiger partial charge in [0.15, 0.2) is 0 Å². The molecule has 2 rings (SSSR count). The third-order valence-corrected chi connectivity index (χ3v) is 3.23. The van der Waals surface area contributed by atoms with E-state index in [1.54, 1.807) is 0 Å². The Bertz CT molecular complexity index is 497. The second-order valence-corrected chi connectivity index (χ2v) is 5.69. The van der Waals surface area contributed by atoms with Gasteiger partial charge in [0.25, 0.3) is 0 Å². The molecule has 0 saturated carbocycles. The van der Waals surface area contributed by atoms with E-state index in [0.29, 0.717) is 5.92 Å². The first-order valence-corrected chi connectivity index (χ1v) is 6.45. The van der Waals surface area contributed by atoms with Gasteiger partial charge in [-0.25, -0.2) is 0 Å². The van der Waals surface area contributed by atoms with Crippen LogP contribution >= 0.6 is 0 Å². The fourth-order valence-electron chi connectivity index (χ4n) is 2.25. The van der Waals surface area contributed by atoms with Crippen molar-refractivity contribution in [3.05, 3.63) is 48.0 Å². The Balaban J connectivity index is 2.39. The molecule has 1 aromatic carbocycles. The van der Waals surface area contributed by atoms with Crippen LogP contribution in [0.15, 0.2) is 36.7 Å². The lowest BCUT2D eigenvalue weighted by Gasteiger charge is -2.25. The lowest BCUT2D eigenvalue weighted by molar-refractivity contribution is 0.467. The molecule has 3 heteroatoms. The highest BCUT2D eigenvalue weighted by Crippen LogP contribution is 2.29. The van der Waals surface area contributed by atoms with Crippen molar-refractivity contribution in [1.82, 2.24) is 14.8 Å². The Morgan fingerprint density at radius 1 is 1.17 bits per heavy atom. The molecule has 0 spiro atoms. The van der Waals surface area contributed by atoms with E-state index < -0.39 is 0 Å². The van der Waals surface area contributed by atoms with E-state index in [1.165, 1.54) is 5.56 Å². The lowest BCUT2D eigenvalue weighted by atomic mass is 9.83. The van der Waals surface area contributed by atoms with Crippen LogP contribution in [-0.4, -0.2) is 14.8 Å². The number of aromatic nitrogens is 3. The van der Waals surface area contributed by atoms with E-state index in [2.05, 4.69) is 66.7 Å². The number of hydrogen-bond acceptors (Lipinski definition) is 2. The summed E-state index contributed by atoms with van der Waals surface area (Å²) in [6.07, 6.45) is 1.83. The molecule has 3 nitrogen and oxygen atoms in total. The predicted octanol–water partition coefficient (Wildman–Crippen LogP) is 3.26. The number of hydrogen-bond donors (Lipinski definition) is 0. The first-order valence-electron chi connectivity index (χ1n) is 6.45. The van der Waals surface area contributed by atoms with E-state index in [-0.39, 0.29) is 5.41 Å². The third-order valence-electron chi connectivity index (χ3n) is 3.23. The average Bonchev–Trinajstić information content (AvgIpc) is 2.78. The molecule has 0 amide bonds. The summed E-state index contributed by atoms with van der Waals surface area (Å²) in [6, 6.07) is 10.5. The fourth-order valence-corrected chi connectivity index (χ4v) is 2.25. The van der Waals surface area contributed by atoms with Crippen molar-refractivity contribution >= 4 is 0 Å². The summed E-state index contributed by atoms with van der Waals surface area (Å²) in [7, 11) is 0. The Morgan fingerprint density at radius 3 is 2.44 bits per heavy atom. The van der Waals surface area contributed by atoms with Gasteiger partial charge in [0, 0.05) is 12.0 Å². The van der Waals surface area contributed by atoms with Crippen LogP contribution in [0.3, 0.4) is 0 Å². The monoisotopic (exact) mass is 243 g/mol. The standard InChI is InChI=1S/C15H21N3/c1-12(2)10-18-11-16-17-14(18)15(3,4)13-8-6-5-7-9-13/h5-9,11-12H,10H2,1-4H3. The van der Waals surface area contributed by atoms with E-state index in [4.69, 9.17) is 0 Å². The van der Waals surface area contributed by atoms with Crippen LogP contribution < -0.4 is 0 Å². The zero-order valence-corrected chi connectivity index (χ0v) is 11.6. The summed E-state index contributed by atoms with van der Waals surface area (Å²) in [6.45, 7) is 9.77. The maximum Gasteiger partial charge on any atom is 0.142 e. The molecule has 96 valence electrons. The summed E-state index contributed by atoms with van der Waals surface area (Å²) in [4.78, 5) is 0. The smallest absolute Gasteiger partial charge is 0.142 e. The molecule has 0 fully saturated rings. The topological polar surface area (TPSA) is 30.7 Å². The molecular formula is C15H21N3. The molecule has 1 heterocycles. The van der Waals surface area contributed by atoms with Gasteiger partial charge in [-0.05, 0) is 25.3 Å². The van der Waals surface area contributed by atoms with Crippen LogP contribution in [0.1, 0.15) is 39.1 Å². The molecular weight excluding hydrogens is 222 g/mol. The summed E-state index contributed by atoms with van der Waals surface area (Å²) < 4.78 is 2.16. The van der Waals surface area contributed by atoms with Crippen LogP contribution in [0.5, 0.6) is 0 Å². The summed E-state index contributed by atoms with van der Waals surface area (Å²) in [5.74, 6) is 1.62. The SMILES string of the molecule is CC(C)Cn1cnnc1C(C)(C)c1ccccc1. The Hall–Kier alpha value is -1.64. The largest absolute Gasteiger partial charge is 0.317 e. The maximum atomic E-state index is 4.33. The van der Waals surface area contributed by atoms with E-state index >= 15 is 0 Å². The molecule has 0 aliphatic rings. The van der Waals surface area contributed by atoms with Crippen LogP contribution in [0, 0.1) is 5.92 Å². The molecule has 1 aromatic heterocycles. The number of benzene rings is 1. The van der Waals surface area contributed by atoms with Crippen molar-refractivity contribution in [2.24, 2.45) is 5.92 Å². The van der Waals surface area contributed by atoms with Crippen LogP contribution in [-0.2, 0) is 12.0 Å². The van der Waals surface area contributed by atoms with Gasteiger partial charge in [0.1, 0.15) is 12.2 Å². The second kappa shape index (κ2) is 4.92. The van der Waals surface area contributed by atoms with Gasteiger partial charge >= 0.3 is 0 Å². The Kier molecular flexibility index (Phi) is 3.50. The normalized spacial score (nSPS) is 12.1. The molecule has 0 unspecified atom stereocenters. The Labute approximate surface area is 109 Å². The molecule has 0 radical (unpaired) electrons. The van der Waals surface area contributed by atoms with Crippen molar-refractivity contribution in [2.75, 3.05) is 0 Å². The highest BCUT2D eigenvalue weighted by atomic mass is 15.3. The van der Waals surface area contributed by atoms with E-state index in [0.717, 1.165) is 12.4 Å². The second-order valence-electron chi connectivity index (χ2n) is 5.69. The van der Waals surface area contributed by atoms with Crippen molar-refractivity contribution in [1.29, 1.82) is 0 Å². The maximum absolute atomic E-state index is 4.33. The first kappa shape index (κ1) is 12.8. The first-order chi connectivity index (χ1) is 8.51. The van der Waals surface area contributed by atoms with Gasteiger partial charge in [-0.3, -0.25) is 0 Å². The zero-order valence-electron chi connectivity index (χ0n) is 11.6. The van der Waals surface area contributed by atoms with Gasteiger partial charge in [0.2, 0.25) is 0 Å². The van der Waals surface area contributed by atoms with Crippen LogP contribution in [0.2, 0.25) is 0 Å². The van der Waals surface area contributed by atoms with Crippen LogP contribution in [0.25, 0.3) is 0 Å². The van der Waals surface area contributed by atoms with Crippen molar-refractivity contribution in [3.8, 4) is 0 Å². The number of rotatable bonds is 4. The predicted molar refractivity (Wildman–Crippen MR) is 73.4 cm³/mol. The highest BCUT2D eigenvalue weighted by Gasteiger charge is 2.28. The average molecular weight is 243 g/mol. The lowest BCUT2D eigenvalue weighted by Crippen LogP contribution is -2.25. The fraction of sp³-hybridized carbons (Fsp3) is 0.467. The van der Waals surface area contributed by atoms with Crippen molar-refractivity contribution in [2.45, 2.75) is 39.7 Å². The van der Waals surface area contributed by atoms with Gasteiger partial charge in [0.05, 0.1) is 0 Å². The quantitative estimate of drug-likeness (QED) is 0.825. The van der Waals surface area contributed by atoms with E-state index in [9.17, 15) is 0 Å².